The van der Waals surface area contributed by atoms with E-state index in [0.717, 1.165) is 6.54 Å². The van der Waals surface area contributed by atoms with Crippen molar-refractivity contribution in [1.29, 1.82) is 0 Å². The summed E-state index contributed by atoms with van der Waals surface area (Å²) in [4.78, 5) is 10.5. The van der Waals surface area contributed by atoms with Gasteiger partial charge in [0, 0.05) is 0 Å². The van der Waals surface area contributed by atoms with E-state index in [9.17, 15) is 9.90 Å². The fourth-order valence-corrected chi connectivity index (χ4v) is 0.434. The van der Waals surface area contributed by atoms with Crippen molar-refractivity contribution >= 4 is 5.97 Å². The summed E-state index contributed by atoms with van der Waals surface area (Å²) < 4.78 is 4.48. The van der Waals surface area contributed by atoms with E-state index in [1.165, 1.54) is 0 Å². The molecule has 0 aliphatic carbocycles. The first kappa shape index (κ1) is 13.9. The zero-order valence-corrected chi connectivity index (χ0v) is 9.05. The third kappa shape index (κ3) is 10.4. The molecule has 11 heavy (non-hydrogen) atoms. The van der Waals surface area contributed by atoms with E-state index in [4.69, 9.17) is 0 Å². The summed E-state index contributed by atoms with van der Waals surface area (Å²) in [7, 11) is 0. The van der Waals surface area contributed by atoms with Crippen molar-refractivity contribution in [3.8, 4) is 0 Å². The van der Waals surface area contributed by atoms with Gasteiger partial charge in [0.1, 0.15) is 0 Å². The fraction of sp³-hybridized carbons (Fsp3) is 0.833. The Bertz CT molecular complexity index is 89.8. The molecule has 0 fully saturated rings. The summed E-state index contributed by atoms with van der Waals surface area (Å²) in [6.45, 7) is 2.42. The number of hydrogen-bond donors (Lipinski definition) is 1. The average Bonchev–Trinajstić information content (AvgIpc) is 1.97. The number of nitrogens with one attached hydrogen (secondary N) is 1. The third-order valence-electron chi connectivity index (χ3n) is 0.866. The number of likely N-dealkylation sites (N-methyl/N-ethyl adjacent to an activating group) is 1. The summed E-state index contributed by atoms with van der Waals surface area (Å²) in [5, 5.41) is 12.6. The van der Waals surface area contributed by atoms with E-state index >= 15 is 0 Å². The zero-order valence-electron chi connectivity index (χ0n) is 7.05. The molecule has 0 aromatic rings. The molecule has 0 saturated heterocycles. The van der Waals surface area contributed by atoms with E-state index < -0.39 is 0 Å². The first-order valence-corrected chi connectivity index (χ1v) is 3.25. The molecule has 0 spiro atoms. The molecule has 0 aliphatic heterocycles. The van der Waals surface area contributed by atoms with Crippen LogP contribution in [0.4, 0.5) is 0 Å². The predicted molar refractivity (Wildman–Crippen MR) is 34.4 cm³/mol. The Morgan fingerprint density at radius 3 is 2.73 bits per heavy atom. The number of ether oxygens (including phenoxy) is 1. The third-order valence-corrected chi connectivity index (χ3v) is 0.866. The van der Waals surface area contributed by atoms with Crippen molar-refractivity contribution in [3.05, 3.63) is 0 Å². The molecule has 0 atom stereocenters. The van der Waals surface area contributed by atoms with Crippen LogP contribution in [0.15, 0.2) is 0 Å². The monoisotopic (exact) mass is 169 g/mol. The molecule has 4 nitrogen and oxygen atoms in total. The van der Waals surface area contributed by atoms with Gasteiger partial charge in [-0.15, -0.1) is 6.61 Å². The van der Waals surface area contributed by atoms with Gasteiger partial charge in [-0.05, 0) is 6.54 Å². The number of carbonyl (C=O) groups excluding carboxylic acids is 1. The smallest absolute Gasteiger partial charge is 0.852 e. The number of hydrogen-bond acceptors (Lipinski definition) is 4. The van der Waals surface area contributed by atoms with Gasteiger partial charge in [0.25, 0.3) is 0 Å². The average molecular weight is 169 g/mol. The molecule has 0 unspecified atom stereocenters. The standard InChI is InChI=1S/C6H12NO3.Na/c1-2-7-5-6(9)10-4-3-8;/h7H,2-5H2,1H3;/q-1;+1. The minimum atomic E-state index is -0.363. The van der Waals surface area contributed by atoms with Crippen LogP contribution in [0, 0.1) is 0 Å². The van der Waals surface area contributed by atoms with Gasteiger partial charge >= 0.3 is 35.5 Å². The first-order valence-electron chi connectivity index (χ1n) is 3.25. The maximum Gasteiger partial charge on any atom is 1.00 e. The van der Waals surface area contributed by atoms with Gasteiger partial charge in [-0.25, -0.2) is 0 Å². The second kappa shape index (κ2) is 10.4. The largest absolute Gasteiger partial charge is 1.00 e. The van der Waals surface area contributed by atoms with Crippen LogP contribution in [0.2, 0.25) is 0 Å². The Labute approximate surface area is 88.6 Å². The quantitative estimate of drug-likeness (QED) is 0.333. The van der Waals surface area contributed by atoms with E-state index in [1.807, 2.05) is 6.92 Å². The molecular weight excluding hydrogens is 157 g/mol. The van der Waals surface area contributed by atoms with Crippen LogP contribution >= 0.6 is 0 Å². The molecule has 0 rings (SSSR count). The van der Waals surface area contributed by atoms with Crippen molar-refractivity contribution in [2.75, 3.05) is 26.3 Å². The molecule has 0 aliphatic rings. The molecule has 0 heterocycles. The molecule has 0 aromatic heterocycles. The first-order chi connectivity index (χ1) is 4.81. The molecular formula is C6H12NNaO3. The van der Waals surface area contributed by atoms with E-state index in [2.05, 4.69) is 10.1 Å². The topological polar surface area (TPSA) is 61.4 Å². The van der Waals surface area contributed by atoms with Gasteiger partial charge in [0.15, 0.2) is 0 Å². The number of rotatable bonds is 5. The van der Waals surface area contributed by atoms with Crippen LogP contribution in [0.1, 0.15) is 6.92 Å². The fourth-order valence-electron chi connectivity index (χ4n) is 0.434. The number of esters is 1. The van der Waals surface area contributed by atoms with Crippen LogP contribution in [-0.4, -0.2) is 32.3 Å². The van der Waals surface area contributed by atoms with Gasteiger partial charge in [-0.3, -0.25) is 4.79 Å². The predicted octanol–water partition coefficient (Wildman–Crippen LogP) is -4.50. The second-order valence-corrected chi connectivity index (χ2v) is 1.70. The number of carbonyl (C=O) groups is 1. The molecule has 0 saturated carbocycles. The van der Waals surface area contributed by atoms with E-state index in [-0.39, 0.29) is 55.3 Å². The summed E-state index contributed by atoms with van der Waals surface area (Å²) in [6, 6.07) is 0. The van der Waals surface area contributed by atoms with Crippen LogP contribution in [0.3, 0.4) is 0 Å². The van der Waals surface area contributed by atoms with Crippen LogP contribution < -0.4 is 40.0 Å². The van der Waals surface area contributed by atoms with Gasteiger partial charge in [0.2, 0.25) is 0 Å². The van der Waals surface area contributed by atoms with Crippen molar-refractivity contribution in [2.45, 2.75) is 6.92 Å². The molecule has 60 valence electrons. The Balaban J connectivity index is 0. The zero-order chi connectivity index (χ0) is 7.82. The van der Waals surface area contributed by atoms with Crippen molar-refractivity contribution in [3.63, 3.8) is 0 Å². The van der Waals surface area contributed by atoms with Crippen LogP contribution in [0.5, 0.6) is 0 Å². The minimum Gasteiger partial charge on any atom is -0.852 e. The van der Waals surface area contributed by atoms with Crippen molar-refractivity contribution in [2.24, 2.45) is 0 Å². The molecule has 0 amide bonds. The van der Waals surface area contributed by atoms with Crippen LogP contribution in [0.25, 0.3) is 0 Å². The molecule has 0 aromatic carbocycles. The summed E-state index contributed by atoms with van der Waals surface area (Å²) >= 11 is 0. The summed E-state index contributed by atoms with van der Waals surface area (Å²) in [5.41, 5.74) is 0. The van der Waals surface area contributed by atoms with Crippen molar-refractivity contribution in [1.82, 2.24) is 5.32 Å². The Morgan fingerprint density at radius 1 is 1.64 bits per heavy atom. The second-order valence-electron chi connectivity index (χ2n) is 1.70. The van der Waals surface area contributed by atoms with E-state index in [0.29, 0.717) is 0 Å². The SMILES string of the molecule is CCNCC(=O)OCC[O-].[Na+]. The Hall–Kier alpha value is 0.390. The minimum absolute atomic E-state index is 0. The molecule has 0 radical (unpaired) electrons. The van der Waals surface area contributed by atoms with E-state index in [1.54, 1.807) is 0 Å². The summed E-state index contributed by atoms with van der Waals surface area (Å²) in [5.74, 6) is -0.363. The van der Waals surface area contributed by atoms with Crippen LogP contribution in [-0.2, 0) is 9.53 Å². The van der Waals surface area contributed by atoms with Crippen molar-refractivity contribution < 1.29 is 44.2 Å². The van der Waals surface area contributed by atoms with Gasteiger partial charge in [-0.1, -0.05) is 6.92 Å². The molecule has 5 heteroatoms. The maximum absolute atomic E-state index is 10.5. The molecule has 1 N–H and O–H groups in total. The Morgan fingerprint density at radius 2 is 2.27 bits per heavy atom. The summed E-state index contributed by atoms with van der Waals surface area (Å²) in [6.07, 6.45) is 0. The van der Waals surface area contributed by atoms with Gasteiger partial charge in [-0.2, -0.15) is 0 Å². The van der Waals surface area contributed by atoms with Gasteiger partial charge in [0.05, 0.1) is 13.2 Å². The molecule has 0 bridgehead atoms. The van der Waals surface area contributed by atoms with Gasteiger partial charge < -0.3 is 15.2 Å². The normalized spacial score (nSPS) is 8.55. The Kier molecular flexibility index (Phi) is 13.2. The maximum atomic E-state index is 10.5.